The summed E-state index contributed by atoms with van der Waals surface area (Å²) >= 11 is 0. The molecule has 1 saturated heterocycles. The lowest BCUT2D eigenvalue weighted by Gasteiger charge is -2.37. The van der Waals surface area contributed by atoms with E-state index >= 15 is 0 Å². The smallest absolute Gasteiger partial charge is 0.335 e. The van der Waals surface area contributed by atoms with Gasteiger partial charge in [-0.3, -0.25) is 4.90 Å². The summed E-state index contributed by atoms with van der Waals surface area (Å²) < 4.78 is 5.80. The molecule has 2 rings (SSSR count). The van der Waals surface area contributed by atoms with Gasteiger partial charge in [-0.2, -0.15) is 0 Å². The number of nitrogens with zero attached hydrogens (tertiary/aromatic N) is 1. The maximum absolute atomic E-state index is 9.77. The number of hydrogen-bond donors (Lipinski definition) is 4. The summed E-state index contributed by atoms with van der Waals surface area (Å²) in [6.07, 6.45) is -4.30. The molecule has 0 radical (unpaired) electrons. The van der Waals surface area contributed by atoms with Crippen LogP contribution in [0.5, 0.6) is 0 Å². The molecule has 1 fully saturated rings. The second-order valence-corrected chi connectivity index (χ2v) is 5.49. The van der Waals surface area contributed by atoms with Crippen molar-refractivity contribution in [1.29, 1.82) is 0 Å². The molecular formula is C16H23NO7. The van der Waals surface area contributed by atoms with Crippen LogP contribution in [-0.4, -0.2) is 75.7 Å². The molecule has 1 heterocycles. The van der Waals surface area contributed by atoms with Gasteiger partial charge in [-0.25, -0.2) is 9.59 Å². The second-order valence-electron chi connectivity index (χ2n) is 5.49. The van der Waals surface area contributed by atoms with Crippen molar-refractivity contribution in [2.24, 2.45) is 0 Å². The van der Waals surface area contributed by atoms with E-state index in [0.29, 0.717) is 6.04 Å². The van der Waals surface area contributed by atoms with Crippen molar-refractivity contribution >= 4 is 11.9 Å². The highest BCUT2D eigenvalue weighted by Crippen LogP contribution is 2.26. The third-order valence-electron chi connectivity index (χ3n) is 3.81. The average Bonchev–Trinajstić information content (AvgIpc) is 2.57. The summed E-state index contributed by atoms with van der Waals surface area (Å²) in [6, 6.07) is 10.9. The summed E-state index contributed by atoms with van der Waals surface area (Å²) in [6.45, 7) is 4.09. The summed E-state index contributed by atoms with van der Waals surface area (Å²) in [7, 11) is 2.16. The highest BCUT2D eigenvalue weighted by Gasteiger charge is 2.29. The number of carboxylic acid groups (broad SMARTS) is 2. The zero-order valence-corrected chi connectivity index (χ0v) is 13.6. The summed E-state index contributed by atoms with van der Waals surface area (Å²) in [4.78, 5) is 21.9. The lowest BCUT2D eigenvalue weighted by molar-refractivity contribution is -0.165. The Morgan fingerprint density at radius 2 is 1.62 bits per heavy atom. The molecule has 0 amide bonds. The van der Waals surface area contributed by atoms with Crippen LogP contribution in [0, 0.1) is 0 Å². The fraction of sp³-hybridized carbons (Fsp3) is 0.500. The molecule has 4 atom stereocenters. The average molecular weight is 341 g/mol. The number of rotatable bonds is 4. The number of aliphatic hydroxyl groups excluding tert-OH is 2. The Morgan fingerprint density at radius 3 is 2.08 bits per heavy atom. The summed E-state index contributed by atoms with van der Waals surface area (Å²) in [5, 5.41) is 32.5. The van der Waals surface area contributed by atoms with Crippen molar-refractivity contribution in [1.82, 2.24) is 4.90 Å². The van der Waals surface area contributed by atoms with Gasteiger partial charge in [0.05, 0.1) is 12.7 Å². The number of aliphatic hydroxyl groups is 2. The molecular weight excluding hydrogens is 318 g/mol. The van der Waals surface area contributed by atoms with Crippen LogP contribution in [0.4, 0.5) is 0 Å². The second kappa shape index (κ2) is 9.33. The van der Waals surface area contributed by atoms with Crippen molar-refractivity contribution in [2.45, 2.75) is 31.3 Å². The Kier molecular flexibility index (Phi) is 7.80. The SMILES string of the molecule is C[C@@H]1[C@@H](c2ccccc2)OCCN1C.O=C(O)[C@H](O)[C@@H](O)C(=O)O. The topological polar surface area (TPSA) is 128 Å². The zero-order valence-electron chi connectivity index (χ0n) is 13.6. The lowest BCUT2D eigenvalue weighted by atomic mass is 10.0. The van der Waals surface area contributed by atoms with Crippen LogP contribution in [0.15, 0.2) is 30.3 Å². The highest BCUT2D eigenvalue weighted by molar-refractivity contribution is 5.83. The Labute approximate surface area is 139 Å². The molecule has 0 saturated carbocycles. The number of aliphatic carboxylic acids is 2. The summed E-state index contributed by atoms with van der Waals surface area (Å²) in [5.41, 5.74) is 1.28. The van der Waals surface area contributed by atoms with E-state index < -0.39 is 24.1 Å². The van der Waals surface area contributed by atoms with E-state index in [2.05, 4.69) is 43.1 Å². The van der Waals surface area contributed by atoms with Crippen LogP contribution in [-0.2, 0) is 14.3 Å². The monoisotopic (exact) mass is 341 g/mol. The van der Waals surface area contributed by atoms with Gasteiger partial charge >= 0.3 is 11.9 Å². The molecule has 8 heteroatoms. The van der Waals surface area contributed by atoms with Crippen LogP contribution < -0.4 is 0 Å². The Balaban J connectivity index is 0.000000257. The van der Waals surface area contributed by atoms with E-state index in [1.165, 1.54) is 5.56 Å². The normalized spacial score (nSPS) is 23.5. The van der Waals surface area contributed by atoms with Crippen LogP contribution in [0.25, 0.3) is 0 Å². The van der Waals surface area contributed by atoms with Gasteiger partial charge in [0, 0.05) is 12.6 Å². The number of carbonyl (C=O) groups is 2. The van der Waals surface area contributed by atoms with Crippen molar-refractivity contribution < 1.29 is 34.8 Å². The van der Waals surface area contributed by atoms with Gasteiger partial charge in [0.15, 0.2) is 12.2 Å². The molecule has 1 aliphatic heterocycles. The zero-order chi connectivity index (χ0) is 18.3. The Bertz CT molecular complexity index is 518. The predicted molar refractivity (Wildman–Crippen MR) is 84.5 cm³/mol. The molecule has 1 aliphatic rings. The number of likely N-dealkylation sites (N-methyl/N-ethyl adjacent to an activating group) is 1. The molecule has 0 bridgehead atoms. The fourth-order valence-corrected chi connectivity index (χ4v) is 2.19. The van der Waals surface area contributed by atoms with E-state index in [1.807, 2.05) is 6.07 Å². The van der Waals surface area contributed by atoms with Gasteiger partial charge in [0.25, 0.3) is 0 Å². The van der Waals surface area contributed by atoms with Crippen LogP contribution in [0.1, 0.15) is 18.6 Å². The first kappa shape index (κ1) is 20.0. The lowest BCUT2D eigenvalue weighted by Crippen LogP contribution is -2.42. The Hall–Kier alpha value is -2.00. The van der Waals surface area contributed by atoms with Crippen molar-refractivity contribution in [3.05, 3.63) is 35.9 Å². The Morgan fingerprint density at radius 1 is 1.12 bits per heavy atom. The van der Waals surface area contributed by atoms with E-state index in [0.717, 1.165) is 13.2 Å². The van der Waals surface area contributed by atoms with Gasteiger partial charge in [0.2, 0.25) is 0 Å². The molecule has 0 aromatic heterocycles. The van der Waals surface area contributed by atoms with Crippen LogP contribution in [0.2, 0.25) is 0 Å². The minimum absolute atomic E-state index is 0.231. The molecule has 0 unspecified atom stereocenters. The third-order valence-corrected chi connectivity index (χ3v) is 3.81. The van der Waals surface area contributed by atoms with Crippen LogP contribution >= 0.6 is 0 Å². The van der Waals surface area contributed by atoms with E-state index in [1.54, 1.807) is 0 Å². The largest absolute Gasteiger partial charge is 0.479 e. The molecule has 8 nitrogen and oxygen atoms in total. The van der Waals surface area contributed by atoms with E-state index in [-0.39, 0.29) is 6.10 Å². The minimum atomic E-state index is -2.27. The molecule has 4 N–H and O–H groups in total. The highest BCUT2D eigenvalue weighted by atomic mass is 16.5. The number of ether oxygens (including phenoxy) is 1. The molecule has 0 spiro atoms. The van der Waals surface area contributed by atoms with Gasteiger partial charge in [-0.05, 0) is 19.5 Å². The van der Waals surface area contributed by atoms with E-state index in [9.17, 15) is 9.59 Å². The van der Waals surface area contributed by atoms with E-state index in [4.69, 9.17) is 25.2 Å². The molecule has 24 heavy (non-hydrogen) atoms. The maximum Gasteiger partial charge on any atom is 0.335 e. The quantitative estimate of drug-likeness (QED) is 0.600. The predicted octanol–water partition coefficient (Wildman–Crippen LogP) is -0.0444. The maximum atomic E-state index is 9.77. The van der Waals surface area contributed by atoms with Crippen molar-refractivity contribution in [2.75, 3.05) is 20.2 Å². The number of benzene rings is 1. The standard InChI is InChI=1S/C12H17NO.C4H6O6/c1-10-12(14-9-8-13(10)2)11-6-4-3-5-7-11;5-1(3(7)8)2(6)4(9)10/h3-7,10,12H,8-9H2,1-2H3;1-2,5-6H,(H,7,8)(H,9,10)/t10-,12+;1-,2-/m11/s1. The van der Waals surface area contributed by atoms with Gasteiger partial charge in [0.1, 0.15) is 0 Å². The minimum Gasteiger partial charge on any atom is -0.479 e. The first-order valence-electron chi connectivity index (χ1n) is 7.44. The number of carboxylic acids is 2. The van der Waals surface area contributed by atoms with Gasteiger partial charge < -0.3 is 25.2 Å². The molecule has 1 aromatic rings. The van der Waals surface area contributed by atoms with Crippen molar-refractivity contribution in [3.63, 3.8) is 0 Å². The number of hydrogen-bond acceptors (Lipinski definition) is 6. The van der Waals surface area contributed by atoms with Gasteiger partial charge in [-0.1, -0.05) is 30.3 Å². The molecule has 1 aromatic carbocycles. The third kappa shape index (κ3) is 5.57. The van der Waals surface area contributed by atoms with Crippen LogP contribution in [0.3, 0.4) is 0 Å². The molecule has 0 aliphatic carbocycles. The fourth-order valence-electron chi connectivity index (χ4n) is 2.19. The first-order chi connectivity index (χ1) is 11.3. The summed E-state index contributed by atoms with van der Waals surface area (Å²) in [5.74, 6) is -3.54. The van der Waals surface area contributed by atoms with Gasteiger partial charge in [-0.15, -0.1) is 0 Å². The molecule has 134 valence electrons. The van der Waals surface area contributed by atoms with Crippen molar-refractivity contribution in [3.8, 4) is 0 Å². The number of morpholine rings is 1. The first-order valence-corrected chi connectivity index (χ1v) is 7.44.